The van der Waals surface area contributed by atoms with Crippen molar-refractivity contribution in [1.82, 2.24) is 1.33 Å². The summed E-state index contributed by atoms with van der Waals surface area (Å²) in [4.78, 5) is 0. The van der Waals surface area contributed by atoms with Crippen LogP contribution in [0, 0.1) is 23.2 Å². The molecule has 1 rings (SSSR count). The van der Waals surface area contributed by atoms with E-state index in [4.69, 9.17) is 0 Å². The highest BCUT2D eigenvalue weighted by molar-refractivity contribution is 14.2. The predicted molar refractivity (Wildman–Crippen MR) is 114 cm³/mol. The Labute approximate surface area is 167 Å². The molecule has 0 saturated heterocycles. The van der Waals surface area contributed by atoms with Gasteiger partial charge in [0.15, 0.2) is 0 Å². The molecule has 2 unspecified atom stereocenters. The summed E-state index contributed by atoms with van der Waals surface area (Å²) in [6.45, 7) is 13.6. The van der Waals surface area contributed by atoms with Gasteiger partial charge < -0.3 is 0 Å². The van der Waals surface area contributed by atoms with Crippen LogP contribution >= 0.6 is 90.9 Å². The molecular formula is C13H19I4N. The molecule has 0 aromatic carbocycles. The largest absolute Gasteiger partial charge is 0.181 e. The molecule has 0 N–H and O–H groups in total. The second kappa shape index (κ2) is 5.57. The zero-order valence-corrected chi connectivity index (χ0v) is 20.2. The summed E-state index contributed by atoms with van der Waals surface area (Å²) in [6, 6.07) is 0. The lowest BCUT2D eigenvalue weighted by Gasteiger charge is -2.37. The Bertz CT molecular complexity index is 385. The Balaban J connectivity index is 3.39. The monoisotopic (exact) mass is 697 g/mol. The van der Waals surface area contributed by atoms with Gasteiger partial charge in [0.2, 0.25) is 0 Å². The van der Waals surface area contributed by atoms with Crippen molar-refractivity contribution in [3.63, 3.8) is 0 Å². The summed E-state index contributed by atoms with van der Waals surface area (Å²) < 4.78 is 2.65. The van der Waals surface area contributed by atoms with Gasteiger partial charge in [0.1, 0.15) is 0 Å². The molecule has 2 atom stereocenters. The molecule has 0 spiro atoms. The lowest BCUT2D eigenvalue weighted by molar-refractivity contribution is 0.281. The second-order valence-electron chi connectivity index (χ2n) is 5.97. The molecule has 0 heterocycles. The smallest absolute Gasteiger partial charge is 0.0820 e. The van der Waals surface area contributed by atoms with E-state index in [1.165, 1.54) is 0 Å². The summed E-state index contributed by atoms with van der Waals surface area (Å²) in [6.07, 6.45) is 0. The van der Waals surface area contributed by atoms with E-state index in [2.05, 4.69) is 146 Å². The van der Waals surface area contributed by atoms with E-state index in [1.807, 2.05) is 0 Å². The number of halogens is 4. The van der Waals surface area contributed by atoms with Crippen molar-refractivity contribution in [3.05, 3.63) is 0 Å². The van der Waals surface area contributed by atoms with Crippen molar-refractivity contribution in [1.29, 1.82) is 0 Å². The van der Waals surface area contributed by atoms with E-state index in [-0.39, 0.29) is 17.8 Å². The van der Waals surface area contributed by atoms with Gasteiger partial charge in [-0.05, 0) is 27.7 Å². The first kappa shape index (κ1) is 18.5. The SMILES string of the molecule is CC(C)C#CC1(C(C)(C)N(I)I)C(C)(I)C1(C)I. The van der Waals surface area contributed by atoms with Crippen molar-refractivity contribution in [3.8, 4) is 11.8 Å². The molecule has 18 heavy (non-hydrogen) atoms. The van der Waals surface area contributed by atoms with Crippen LogP contribution in [0.3, 0.4) is 0 Å². The van der Waals surface area contributed by atoms with Crippen molar-refractivity contribution in [2.45, 2.75) is 53.9 Å². The van der Waals surface area contributed by atoms with Crippen molar-refractivity contribution < 1.29 is 0 Å². The molecule has 0 amide bonds. The molecule has 0 aliphatic heterocycles. The second-order valence-corrected chi connectivity index (χ2v) is 14.1. The molecule has 5 heteroatoms. The van der Waals surface area contributed by atoms with Gasteiger partial charge in [-0.15, -0.1) is 0 Å². The van der Waals surface area contributed by atoms with E-state index >= 15 is 0 Å². The first-order valence-electron chi connectivity index (χ1n) is 5.88. The molecule has 1 aliphatic rings. The minimum absolute atomic E-state index is 0.0147. The molecule has 1 fully saturated rings. The van der Waals surface area contributed by atoms with Gasteiger partial charge in [-0.1, -0.05) is 70.9 Å². The maximum atomic E-state index is 3.66. The Morgan fingerprint density at radius 1 is 1.06 bits per heavy atom. The summed E-state index contributed by atoms with van der Waals surface area (Å²) in [7, 11) is 0. The van der Waals surface area contributed by atoms with Gasteiger partial charge in [-0.2, -0.15) is 1.33 Å². The van der Waals surface area contributed by atoms with Gasteiger partial charge >= 0.3 is 0 Å². The van der Waals surface area contributed by atoms with Crippen LogP contribution in [-0.4, -0.2) is 13.7 Å². The molecule has 0 bridgehead atoms. The number of hydrogen-bond acceptors (Lipinski definition) is 1. The molecule has 0 radical (unpaired) electrons. The third-order valence-corrected chi connectivity index (χ3v) is 11.3. The zero-order valence-electron chi connectivity index (χ0n) is 11.5. The van der Waals surface area contributed by atoms with E-state index in [9.17, 15) is 0 Å². The highest BCUT2D eigenvalue weighted by atomic mass is 127. The van der Waals surface area contributed by atoms with Gasteiger partial charge in [0, 0.05) is 51.6 Å². The zero-order chi connectivity index (χ0) is 14.6. The lowest BCUT2D eigenvalue weighted by atomic mass is 9.82. The molecule has 1 aliphatic carbocycles. The van der Waals surface area contributed by atoms with Crippen molar-refractivity contribution in [2.75, 3.05) is 0 Å². The lowest BCUT2D eigenvalue weighted by Crippen LogP contribution is -2.45. The summed E-state index contributed by atoms with van der Waals surface area (Å²) in [5, 5.41) is 0. The highest BCUT2D eigenvalue weighted by Crippen LogP contribution is 2.79. The van der Waals surface area contributed by atoms with Gasteiger partial charge in [0.05, 0.1) is 17.8 Å². The number of rotatable bonds is 2. The number of hydrogen-bond donors (Lipinski definition) is 0. The molecule has 1 saturated carbocycles. The minimum atomic E-state index is 0.0147. The van der Waals surface area contributed by atoms with Crippen LogP contribution in [0.15, 0.2) is 0 Å². The first-order chi connectivity index (χ1) is 7.86. The van der Waals surface area contributed by atoms with Crippen LogP contribution in [0.2, 0.25) is 0 Å². The Morgan fingerprint density at radius 3 is 1.67 bits per heavy atom. The van der Waals surface area contributed by atoms with E-state index < -0.39 is 0 Å². The van der Waals surface area contributed by atoms with Crippen molar-refractivity contribution in [2.24, 2.45) is 11.3 Å². The summed E-state index contributed by atoms with van der Waals surface area (Å²) in [5.41, 5.74) is 0.0443. The van der Waals surface area contributed by atoms with Crippen LogP contribution < -0.4 is 0 Å². The quantitative estimate of drug-likeness (QED) is 0.153. The summed E-state index contributed by atoms with van der Waals surface area (Å²) >= 11 is 9.99. The maximum Gasteiger partial charge on any atom is 0.0820 e. The molecule has 1 nitrogen and oxygen atoms in total. The Morgan fingerprint density at radius 2 is 1.44 bits per heavy atom. The van der Waals surface area contributed by atoms with Gasteiger partial charge in [0.25, 0.3) is 0 Å². The molecular weight excluding hydrogens is 678 g/mol. The van der Waals surface area contributed by atoms with Crippen molar-refractivity contribution >= 4 is 90.9 Å². The fourth-order valence-electron chi connectivity index (χ4n) is 2.73. The third kappa shape index (κ3) is 2.39. The average molecular weight is 697 g/mol. The van der Waals surface area contributed by atoms with Crippen LogP contribution in [-0.2, 0) is 0 Å². The fraction of sp³-hybridized carbons (Fsp3) is 0.846. The Hall–Kier alpha value is 2.44. The van der Waals surface area contributed by atoms with Crippen LogP contribution in [0.5, 0.6) is 0 Å². The third-order valence-electron chi connectivity index (χ3n) is 4.12. The molecule has 0 aromatic heterocycles. The standard InChI is InChI=1S/C13H19I4N/c1-9(2)7-8-13(10(3,4)18(16)17)11(5,14)12(13,6)15/h9H,1-6H3. The van der Waals surface area contributed by atoms with E-state index in [0.29, 0.717) is 5.92 Å². The maximum absolute atomic E-state index is 3.66. The molecule has 104 valence electrons. The topological polar surface area (TPSA) is 3.24 Å². The fourth-order valence-corrected chi connectivity index (χ4v) is 7.18. The van der Waals surface area contributed by atoms with Crippen LogP contribution in [0.4, 0.5) is 0 Å². The van der Waals surface area contributed by atoms with E-state index in [1.54, 1.807) is 0 Å². The summed E-state index contributed by atoms with van der Waals surface area (Å²) in [5.74, 6) is 7.51. The van der Waals surface area contributed by atoms with E-state index in [0.717, 1.165) is 0 Å². The minimum Gasteiger partial charge on any atom is -0.181 e. The number of nitrogens with zero attached hydrogens (tertiary/aromatic N) is 1. The average Bonchev–Trinajstić information content (AvgIpc) is 2.51. The number of alkyl halides is 2. The van der Waals surface area contributed by atoms with Crippen LogP contribution in [0.1, 0.15) is 41.5 Å². The predicted octanol–water partition coefficient (Wildman–Crippen LogP) is 5.81. The Kier molecular flexibility index (Phi) is 5.72. The van der Waals surface area contributed by atoms with Gasteiger partial charge in [-0.25, -0.2) is 0 Å². The molecule has 0 aromatic rings. The highest BCUT2D eigenvalue weighted by Gasteiger charge is 2.85. The first-order valence-corrected chi connectivity index (χ1v) is 9.97. The van der Waals surface area contributed by atoms with Crippen LogP contribution in [0.25, 0.3) is 0 Å². The normalized spacial score (nSPS) is 39.8. The van der Waals surface area contributed by atoms with Gasteiger partial charge in [-0.3, -0.25) is 0 Å².